The van der Waals surface area contributed by atoms with E-state index in [2.05, 4.69) is 23.4 Å². The van der Waals surface area contributed by atoms with Gasteiger partial charge in [-0.2, -0.15) is 18.4 Å². The zero-order valence-corrected chi connectivity index (χ0v) is 20.9. The summed E-state index contributed by atoms with van der Waals surface area (Å²) in [4.78, 5) is 0. The number of nitrogens with zero attached hydrogens (tertiary/aromatic N) is 2. The summed E-state index contributed by atoms with van der Waals surface area (Å²) < 4.78 is 59.1. The third-order valence-electron chi connectivity index (χ3n) is 6.43. The van der Waals surface area contributed by atoms with Crippen molar-refractivity contribution in [2.75, 3.05) is 6.61 Å². The van der Waals surface area contributed by atoms with Gasteiger partial charge in [-0.1, -0.05) is 18.2 Å². The van der Waals surface area contributed by atoms with Crippen LogP contribution in [0.25, 0.3) is 16.6 Å². The van der Waals surface area contributed by atoms with Crippen molar-refractivity contribution in [2.45, 2.75) is 38.3 Å². The first-order chi connectivity index (χ1) is 18.1. The molecule has 38 heavy (non-hydrogen) atoms. The van der Waals surface area contributed by atoms with E-state index in [0.29, 0.717) is 18.8 Å². The fourth-order valence-corrected chi connectivity index (χ4v) is 4.77. The Bertz CT molecular complexity index is 1550. The molecule has 2 heterocycles. The predicted molar refractivity (Wildman–Crippen MR) is 137 cm³/mol. The van der Waals surface area contributed by atoms with Gasteiger partial charge in [-0.05, 0) is 79.9 Å². The Labute approximate surface area is 218 Å². The second-order valence-corrected chi connectivity index (χ2v) is 9.49. The average molecular weight is 519 g/mol. The van der Waals surface area contributed by atoms with Crippen molar-refractivity contribution in [3.63, 3.8) is 0 Å². The molecule has 1 aromatic heterocycles. The standard InChI is InChI=1S/C30H25F3N2O3/c1-4-6-19-17-35(26-8-5-7-24(28(19)26)27-18-36-29(2,3)38-27)21-9-11-22(12-10-21)37-23-13-14-25(30(31,32)33)20(15-23)16-34/h4-5,7-15,17,27H,1,6,18H2,2-3H3/t27-/m1/s1. The first-order valence-corrected chi connectivity index (χ1v) is 12.0. The summed E-state index contributed by atoms with van der Waals surface area (Å²) in [6.07, 6.45) is -0.189. The lowest BCUT2D eigenvalue weighted by Gasteiger charge is -2.18. The number of hydrogen-bond acceptors (Lipinski definition) is 4. The molecular weight excluding hydrogens is 493 g/mol. The van der Waals surface area contributed by atoms with Crippen molar-refractivity contribution in [1.29, 1.82) is 5.26 Å². The Morgan fingerprint density at radius 1 is 1.13 bits per heavy atom. The zero-order chi connectivity index (χ0) is 27.1. The van der Waals surface area contributed by atoms with Gasteiger partial charge in [-0.15, -0.1) is 6.58 Å². The Balaban J connectivity index is 1.47. The Hall–Kier alpha value is -4.06. The molecule has 1 aliphatic rings. The van der Waals surface area contributed by atoms with Gasteiger partial charge in [-0.3, -0.25) is 0 Å². The molecule has 194 valence electrons. The molecule has 0 saturated carbocycles. The molecule has 1 atom stereocenters. The van der Waals surface area contributed by atoms with Gasteiger partial charge in [0.25, 0.3) is 0 Å². The first kappa shape index (κ1) is 25.6. The fourth-order valence-electron chi connectivity index (χ4n) is 4.77. The SMILES string of the molecule is C=CCc1cn(-c2ccc(Oc3ccc(C(F)(F)F)c(C#N)c3)cc2)c2cccc([C@H]3COC(C)(C)O3)c12. The molecule has 0 bridgehead atoms. The minimum absolute atomic E-state index is 0.147. The topological polar surface area (TPSA) is 56.4 Å². The van der Waals surface area contributed by atoms with Crippen LogP contribution in [-0.4, -0.2) is 17.0 Å². The van der Waals surface area contributed by atoms with E-state index in [9.17, 15) is 13.2 Å². The second-order valence-electron chi connectivity index (χ2n) is 9.49. The number of halogens is 3. The van der Waals surface area contributed by atoms with Crippen LogP contribution in [0, 0.1) is 11.3 Å². The summed E-state index contributed by atoms with van der Waals surface area (Å²) in [5, 5.41) is 10.2. The smallest absolute Gasteiger partial charge is 0.417 e. The molecule has 4 aromatic rings. The highest BCUT2D eigenvalue weighted by molar-refractivity contribution is 5.89. The van der Waals surface area contributed by atoms with Gasteiger partial charge in [0.15, 0.2) is 5.79 Å². The summed E-state index contributed by atoms with van der Waals surface area (Å²) in [5.41, 5.74) is 2.56. The van der Waals surface area contributed by atoms with E-state index >= 15 is 0 Å². The van der Waals surface area contributed by atoms with Gasteiger partial charge < -0.3 is 18.8 Å². The lowest BCUT2D eigenvalue weighted by Crippen LogP contribution is -2.19. The van der Waals surface area contributed by atoms with Crippen LogP contribution in [0.3, 0.4) is 0 Å². The summed E-state index contributed by atoms with van der Waals surface area (Å²) in [6.45, 7) is 8.18. The van der Waals surface area contributed by atoms with Crippen molar-refractivity contribution < 1.29 is 27.4 Å². The zero-order valence-electron chi connectivity index (χ0n) is 20.9. The highest BCUT2D eigenvalue weighted by Crippen LogP contribution is 2.39. The van der Waals surface area contributed by atoms with Crippen molar-refractivity contribution in [1.82, 2.24) is 4.57 Å². The number of hydrogen-bond donors (Lipinski definition) is 0. The van der Waals surface area contributed by atoms with Crippen LogP contribution in [0.15, 0.2) is 79.5 Å². The fraction of sp³-hybridized carbons (Fsp3) is 0.233. The van der Waals surface area contributed by atoms with Gasteiger partial charge in [0.05, 0.1) is 29.3 Å². The molecule has 8 heteroatoms. The van der Waals surface area contributed by atoms with E-state index in [1.54, 1.807) is 18.2 Å². The number of benzene rings is 3. The Kier molecular flexibility index (Phi) is 6.51. The van der Waals surface area contributed by atoms with E-state index in [1.165, 1.54) is 6.07 Å². The van der Waals surface area contributed by atoms with Crippen LogP contribution >= 0.6 is 0 Å². The van der Waals surface area contributed by atoms with Gasteiger partial charge in [0, 0.05) is 17.3 Å². The molecular formula is C30H25F3N2O3. The summed E-state index contributed by atoms with van der Waals surface area (Å²) >= 11 is 0. The normalized spacial score (nSPS) is 16.9. The highest BCUT2D eigenvalue weighted by atomic mass is 19.4. The van der Waals surface area contributed by atoms with Crippen LogP contribution in [0.5, 0.6) is 11.5 Å². The molecule has 0 amide bonds. The largest absolute Gasteiger partial charge is 0.457 e. The average Bonchev–Trinajstić information content (AvgIpc) is 3.44. The van der Waals surface area contributed by atoms with Crippen LogP contribution in [0.4, 0.5) is 13.2 Å². The van der Waals surface area contributed by atoms with E-state index in [0.717, 1.165) is 39.8 Å². The van der Waals surface area contributed by atoms with Crippen molar-refractivity contribution in [3.05, 3.63) is 102 Å². The lowest BCUT2D eigenvalue weighted by molar-refractivity contribution is -0.139. The number of fused-ring (bicyclic) bond motifs is 1. The molecule has 0 spiro atoms. The molecule has 1 saturated heterocycles. The molecule has 5 rings (SSSR count). The minimum atomic E-state index is -4.61. The molecule has 1 fully saturated rings. The van der Waals surface area contributed by atoms with Crippen LogP contribution in [0.1, 0.15) is 42.2 Å². The summed E-state index contributed by atoms with van der Waals surface area (Å²) in [5.74, 6) is -0.0711. The third kappa shape index (κ3) is 4.91. The van der Waals surface area contributed by atoms with E-state index in [-0.39, 0.29) is 11.9 Å². The molecule has 3 aromatic carbocycles. The minimum Gasteiger partial charge on any atom is -0.457 e. The first-order valence-electron chi connectivity index (χ1n) is 12.0. The highest BCUT2D eigenvalue weighted by Gasteiger charge is 2.35. The molecule has 0 unspecified atom stereocenters. The number of alkyl halides is 3. The quantitative estimate of drug-likeness (QED) is 0.244. The number of aromatic nitrogens is 1. The van der Waals surface area contributed by atoms with Crippen molar-refractivity contribution in [2.24, 2.45) is 0 Å². The maximum absolute atomic E-state index is 13.1. The van der Waals surface area contributed by atoms with Crippen molar-refractivity contribution >= 4 is 10.9 Å². The van der Waals surface area contributed by atoms with E-state index in [1.807, 2.05) is 44.2 Å². The Morgan fingerprint density at radius 2 is 1.87 bits per heavy atom. The van der Waals surface area contributed by atoms with Crippen LogP contribution in [-0.2, 0) is 22.1 Å². The number of rotatable bonds is 6. The summed E-state index contributed by atoms with van der Waals surface area (Å²) in [7, 11) is 0. The predicted octanol–water partition coefficient (Wildman–Crippen LogP) is 7.87. The van der Waals surface area contributed by atoms with Crippen LogP contribution < -0.4 is 4.74 Å². The van der Waals surface area contributed by atoms with Gasteiger partial charge in [-0.25, -0.2) is 0 Å². The van der Waals surface area contributed by atoms with E-state index in [4.69, 9.17) is 19.5 Å². The third-order valence-corrected chi connectivity index (χ3v) is 6.43. The molecule has 0 radical (unpaired) electrons. The van der Waals surface area contributed by atoms with Gasteiger partial charge in [0.2, 0.25) is 0 Å². The van der Waals surface area contributed by atoms with E-state index < -0.39 is 23.1 Å². The monoisotopic (exact) mass is 518 g/mol. The van der Waals surface area contributed by atoms with Crippen LogP contribution in [0.2, 0.25) is 0 Å². The number of nitriles is 1. The molecule has 0 N–H and O–H groups in total. The number of allylic oxidation sites excluding steroid dienone is 1. The van der Waals surface area contributed by atoms with Gasteiger partial charge in [0.1, 0.15) is 17.6 Å². The Morgan fingerprint density at radius 3 is 2.50 bits per heavy atom. The summed E-state index contributed by atoms with van der Waals surface area (Å²) in [6, 6.07) is 18.0. The van der Waals surface area contributed by atoms with Crippen molar-refractivity contribution in [3.8, 4) is 23.3 Å². The maximum Gasteiger partial charge on any atom is 0.417 e. The maximum atomic E-state index is 13.1. The molecule has 0 aliphatic carbocycles. The molecule has 1 aliphatic heterocycles. The lowest BCUT2D eigenvalue weighted by atomic mass is 10.0. The van der Waals surface area contributed by atoms with Gasteiger partial charge >= 0.3 is 6.18 Å². The second kappa shape index (κ2) is 9.67. The molecule has 5 nitrogen and oxygen atoms in total. The number of ether oxygens (including phenoxy) is 3.